The zero-order chi connectivity index (χ0) is 38.1. The van der Waals surface area contributed by atoms with Gasteiger partial charge < -0.3 is 23.7 Å². The minimum absolute atomic E-state index is 0.00940. The van der Waals surface area contributed by atoms with Crippen molar-refractivity contribution < 1.29 is 47.3 Å². The average molecular weight is 734 g/mol. The molecule has 1 unspecified atom stereocenters. The van der Waals surface area contributed by atoms with E-state index < -0.39 is 70.4 Å². The molecule has 4 rings (SSSR count). The number of aryl methyl sites for hydroxylation is 1. The van der Waals surface area contributed by atoms with Gasteiger partial charge in [-0.1, -0.05) is 36.8 Å². The Morgan fingerprint density at radius 2 is 1.59 bits per heavy atom. The minimum Gasteiger partial charge on any atom is -0.463 e. The van der Waals surface area contributed by atoms with E-state index in [0.29, 0.717) is 10.5 Å². The molecule has 16 heteroatoms. The van der Waals surface area contributed by atoms with Crippen molar-refractivity contribution in [3.05, 3.63) is 47.0 Å². The van der Waals surface area contributed by atoms with Gasteiger partial charge in [-0.15, -0.1) is 0 Å². The Kier molecular flexibility index (Phi) is 11.8. The van der Waals surface area contributed by atoms with E-state index in [1.807, 2.05) is 19.1 Å². The Hall–Kier alpha value is -4.21. The molecule has 2 aromatic heterocycles. The molecular weight excluding hydrogens is 689 g/mol. The largest absolute Gasteiger partial charge is 0.463 e. The second kappa shape index (κ2) is 15.2. The summed E-state index contributed by atoms with van der Waals surface area (Å²) in [7, 11) is 0. The lowest BCUT2D eigenvalue weighted by molar-refractivity contribution is -0.182. The van der Waals surface area contributed by atoms with Crippen LogP contribution in [0.3, 0.4) is 0 Å². The Balaban J connectivity index is 1.68. The lowest BCUT2D eigenvalue weighted by Gasteiger charge is -2.31. The Labute approximate surface area is 300 Å². The van der Waals surface area contributed by atoms with Gasteiger partial charge in [-0.05, 0) is 79.5 Å². The van der Waals surface area contributed by atoms with Crippen LogP contribution in [0.25, 0.3) is 11.2 Å². The molecular formula is C35H45ClFN5O9. The van der Waals surface area contributed by atoms with Crippen LogP contribution in [-0.2, 0) is 39.7 Å². The van der Waals surface area contributed by atoms with Gasteiger partial charge in [-0.25, -0.2) is 23.8 Å². The van der Waals surface area contributed by atoms with Gasteiger partial charge >= 0.3 is 18.2 Å². The molecule has 1 fully saturated rings. The zero-order valence-electron chi connectivity index (χ0n) is 30.5. The predicted octanol–water partition coefficient (Wildman–Crippen LogP) is 6.49. The van der Waals surface area contributed by atoms with Crippen molar-refractivity contribution in [2.45, 2.75) is 111 Å². The number of imidazole rings is 1. The smallest absolute Gasteiger partial charge is 0.425 e. The molecule has 1 aliphatic heterocycles. The summed E-state index contributed by atoms with van der Waals surface area (Å²) in [5.74, 6) is -2.61. The molecule has 0 bridgehead atoms. The quantitative estimate of drug-likeness (QED) is 0.0966. The van der Waals surface area contributed by atoms with Crippen LogP contribution in [0.15, 0.2) is 30.6 Å². The number of alkyl halides is 1. The standard InChI is InChI=1S/C35H45ClFN5O9/c1-11-47-29(44)35(21(4)43,16-22-14-12-19(2)13-15-22)48-17-23-20(3)24(37)28(49-23)41-18-38-25-26(41)39-30(36)40-27(25)42(31(45)50-33(5,6)7)32(46)51-34(8,9)10/h12-15,18,20,23-24,28H,11,16-17H2,1-10H3/t20-,23-,24+,28-,35?/m1/s1. The van der Waals surface area contributed by atoms with Crippen LogP contribution in [0.4, 0.5) is 19.8 Å². The van der Waals surface area contributed by atoms with E-state index in [4.69, 9.17) is 35.3 Å². The molecule has 0 spiro atoms. The molecule has 14 nitrogen and oxygen atoms in total. The fraction of sp³-hybridized carbons (Fsp3) is 0.571. The number of rotatable bonds is 10. The zero-order valence-corrected chi connectivity index (χ0v) is 31.2. The maximum Gasteiger partial charge on any atom is 0.425 e. The Morgan fingerprint density at radius 3 is 2.12 bits per heavy atom. The van der Waals surface area contributed by atoms with Gasteiger partial charge in [0.05, 0.1) is 25.6 Å². The van der Waals surface area contributed by atoms with Crippen molar-refractivity contribution in [1.82, 2.24) is 19.5 Å². The fourth-order valence-electron chi connectivity index (χ4n) is 5.35. The van der Waals surface area contributed by atoms with Crippen molar-refractivity contribution in [3.63, 3.8) is 0 Å². The van der Waals surface area contributed by atoms with Crippen molar-refractivity contribution in [1.29, 1.82) is 0 Å². The highest BCUT2D eigenvalue weighted by atomic mass is 35.5. The summed E-state index contributed by atoms with van der Waals surface area (Å²) in [5.41, 5.74) is -2.54. The summed E-state index contributed by atoms with van der Waals surface area (Å²) in [4.78, 5) is 66.4. The van der Waals surface area contributed by atoms with E-state index in [1.165, 1.54) is 17.8 Å². The van der Waals surface area contributed by atoms with Crippen molar-refractivity contribution in [3.8, 4) is 0 Å². The number of ketones is 1. The average Bonchev–Trinajstić information content (AvgIpc) is 3.54. The summed E-state index contributed by atoms with van der Waals surface area (Å²) in [6, 6.07) is 7.28. The molecule has 278 valence electrons. The molecule has 3 heterocycles. The van der Waals surface area contributed by atoms with Crippen LogP contribution < -0.4 is 4.90 Å². The molecule has 1 aromatic carbocycles. The van der Waals surface area contributed by atoms with Gasteiger partial charge in [0.25, 0.3) is 0 Å². The minimum atomic E-state index is -2.01. The Bertz CT molecular complexity index is 1740. The van der Waals surface area contributed by atoms with Gasteiger partial charge in [-0.2, -0.15) is 14.9 Å². The number of esters is 1. The van der Waals surface area contributed by atoms with E-state index >= 15 is 4.39 Å². The first kappa shape index (κ1) is 39.6. The highest BCUT2D eigenvalue weighted by molar-refractivity contribution is 6.29. The number of hydrogen-bond acceptors (Lipinski definition) is 12. The molecule has 51 heavy (non-hydrogen) atoms. The number of hydrogen-bond donors (Lipinski definition) is 0. The van der Waals surface area contributed by atoms with Crippen molar-refractivity contribution >= 4 is 52.5 Å². The fourth-order valence-corrected chi connectivity index (χ4v) is 5.51. The highest BCUT2D eigenvalue weighted by Gasteiger charge is 2.50. The highest BCUT2D eigenvalue weighted by Crippen LogP contribution is 2.39. The lowest BCUT2D eigenvalue weighted by Crippen LogP contribution is -2.52. The second-order valence-corrected chi connectivity index (χ2v) is 14.7. The summed E-state index contributed by atoms with van der Waals surface area (Å²) < 4.78 is 45.8. The second-order valence-electron chi connectivity index (χ2n) is 14.4. The first-order chi connectivity index (χ1) is 23.7. The van der Waals surface area contributed by atoms with E-state index in [-0.39, 0.29) is 36.6 Å². The number of nitrogens with zero attached hydrogens (tertiary/aromatic N) is 5. The van der Waals surface area contributed by atoms with Crippen LogP contribution in [0.5, 0.6) is 0 Å². The SMILES string of the molecule is CCOC(=O)C(Cc1ccc(C)cc1)(OC[C@H]1O[C@@H](n2cnc3c(N(C(=O)OC(C)(C)C)C(=O)OC(C)(C)C)nc(Cl)nc32)[C@@H](F)[C@@H]1C)C(C)=O. The number of benzene rings is 1. The summed E-state index contributed by atoms with van der Waals surface area (Å²) in [5, 5.41) is -0.394. The number of imide groups is 1. The van der Waals surface area contributed by atoms with Crippen LogP contribution in [0.1, 0.15) is 79.7 Å². The van der Waals surface area contributed by atoms with Crippen LogP contribution in [-0.4, -0.2) is 85.8 Å². The molecule has 0 saturated carbocycles. The molecule has 2 amide bonds. The normalized spacial score (nSPS) is 20.5. The summed E-state index contributed by atoms with van der Waals surface area (Å²) in [6.45, 7) is 15.7. The van der Waals surface area contributed by atoms with Gasteiger partial charge in [0, 0.05) is 12.3 Å². The van der Waals surface area contributed by atoms with Gasteiger partial charge in [0.2, 0.25) is 10.9 Å². The number of aromatic nitrogens is 4. The topological polar surface area (TPSA) is 161 Å². The molecule has 5 atom stereocenters. The molecule has 0 aliphatic carbocycles. The van der Waals surface area contributed by atoms with Crippen molar-refractivity contribution in [2.75, 3.05) is 18.1 Å². The van der Waals surface area contributed by atoms with Gasteiger partial charge in [-0.3, -0.25) is 9.36 Å². The van der Waals surface area contributed by atoms with E-state index in [1.54, 1.807) is 67.5 Å². The van der Waals surface area contributed by atoms with Gasteiger partial charge in [0.15, 0.2) is 35.2 Å². The third kappa shape index (κ3) is 9.00. The predicted molar refractivity (Wildman–Crippen MR) is 184 cm³/mol. The monoisotopic (exact) mass is 733 g/mol. The maximum atomic E-state index is 16.1. The number of fused-ring (bicyclic) bond motifs is 1. The van der Waals surface area contributed by atoms with Crippen molar-refractivity contribution in [2.24, 2.45) is 5.92 Å². The van der Waals surface area contributed by atoms with Crippen LogP contribution in [0, 0.1) is 12.8 Å². The number of Topliss-reactive ketones (excluding diaryl/α,β-unsaturated/α-hetero) is 1. The molecule has 1 aliphatic rings. The number of halogens is 2. The molecule has 0 N–H and O–H groups in total. The molecule has 3 aromatic rings. The molecule has 1 saturated heterocycles. The maximum absolute atomic E-state index is 16.1. The summed E-state index contributed by atoms with van der Waals surface area (Å²) >= 11 is 6.31. The van der Waals surface area contributed by atoms with Gasteiger partial charge in [0.1, 0.15) is 11.2 Å². The van der Waals surface area contributed by atoms with E-state index in [0.717, 1.165) is 5.56 Å². The number of anilines is 1. The number of carbonyl (C=O) groups is 4. The van der Waals surface area contributed by atoms with Crippen LogP contribution in [0.2, 0.25) is 5.28 Å². The first-order valence-corrected chi connectivity index (χ1v) is 16.9. The Morgan fingerprint density at radius 1 is 1.00 bits per heavy atom. The number of ether oxygens (including phenoxy) is 5. The van der Waals surface area contributed by atoms with E-state index in [2.05, 4.69) is 15.0 Å². The lowest BCUT2D eigenvalue weighted by atomic mass is 9.90. The number of amides is 2. The first-order valence-electron chi connectivity index (χ1n) is 16.5. The van der Waals surface area contributed by atoms with E-state index in [9.17, 15) is 19.2 Å². The number of carbonyl (C=O) groups excluding carboxylic acids is 4. The summed E-state index contributed by atoms with van der Waals surface area (Å²) in [6.07, 6.45) is -5.10. The third-order valence-electron chi connectivity index (χ3n) is 7.93. The van der Waals surface area contributed by atoms with Crippen LogP contribution >= 0.6 is 11.6 Å². The molecule has 0 radical (unpaired) electrons. The third-order valence-corrected chi connectivity index (χ3v) is 8.10.